The third kappa shape index (κ3) is 4.74. The van der Waals surface area contributed by atoms with E-state index >= 15 is 0 Å². The summed E-state index contributed by atoms with van der Waals surface area (Å²) in [6.07, 6.45) is 2.19. The minimum absolute atomic E-state index is 0.188. The van der Waals surface area contributed by atoms with Gasteiger partial charge in [0.2, 0.25) is 0 Å². The lowest BCUT2D eigenvalue weighted by atomic mass is 10.2. The van der Waals surface area contributed by atoms with E-state index in [0.29, 0.717) is 12.1 Å². The van der Waals surface area contributed by atoms with Crippen LogP contribution in [0.5, 0.6) is 0 Å². The number of halogens is 2. The fraction of sp³-hybridized carbons (Fsp3) is 0.421. The van der Waals surface area contributed by atoms with E-state index in [9.17, 15) is 8.78 Å². The van der Waals surface area contributed by atoms with Gasteiger partial charge in [0.15, 0.2) is 0 Å². The molecule has 2 aromatic rings. The molecule has 1 aromatic carbocycles. The van der Waals surface area contributed by atoms with Gasteiger partial charge in [-0.15, -0.1) is 0 Å². The maximum absolute atomic E-state index is 13.6. The van der Waals surface area contributed by atoms with E-state index in [1.165, 1.54) is 6.07 Å². The third-order valence-electron chi connectivity index (χ3n) is 4.21. The SMILES string of the molecule is C[C@H]1CN(c2ccc(CNCc3cc(F)ccc3F)cn2)C[C@H](C)O1. The molecule has 1 aliphatic rings. The van der Waals surface area contributed by atoms with Crippen molar-refractivity contribution >= 4 is 5.82 Å². The smallest absolute Gasteiger partial charge is 0.128 e. The van der Waals surface area contributed by atoms with Crippen molar-refractivity contribution in [1.82, 2.24) is 10.3 Å². The predicted octanol–water partition coefficient (Wildman–Crippen LogP) is 3.26. The zero-order valence-corrected chi connectivity index (χ0v) is 14.5. The summed E-state index contributed by atoms with van der Waals surface area (Å²) in [7, 11) is 0. The van der Waals surface area contributed by atoms with Crippen LogP contribution in [0.25, 0.3) is 0 Å². The molecule has 1 fully saturated rings. The van der Waals surface area contributed by atoms with E-state index in [4.69, 9.17) is 4.74 Å². The number of morpholine rings is 1. The van der Waals surface area contributed by atoms with Gasteiger partial charge in [-0.3, -0.25) is 0 Å². The highest BCUT2D eigenvalue weighted by molar-refractivity contribution is 5.40. The molecule has 0 bridgehead atoms. The van der Waals surface area contributed by atoms with Crippen molar-refractivity contribution in [1.29, 1.82) is 0 Å². The van der Waals surface area contributed by atoms with Crippen LogP contribution < -0.4 is 10.2 Å². The zero-order chi connectivity index (χ0) is 17.8. The lowest BCUT2D eigenvalue weighted by Crippen LogP contribution is -2.45. The molecule has 0 unspecified atom stereocenters. The number of anilines is 1. The Hall–Kier alpha value is -2.05. The average Bonchev–Trinajstić information content (AvgIpc) is 2.58. The Labute approximate surface area is 146 Å². The van der Waals surface area contributed by atoms with Crippen LogP contribution in [0.15, 0.2) is 36.5 Å². The molecule has 1 saturated heterocycles. The van der Waals surface area contributed by atoms with Crippen molar-refractivity contribution in [2.75, 3.05) is 18.0 Å². The lowest BCUT2D eigenvalue weighted by molar-refractivity contribution is -0.00545. The highest BCUT2D eigenvalue weighted by Gasteiger charge is 2.22. The molecule has 0 spiro atoms. The van der Waals surface area contributed by atoms with Crippen molar-refractivity contribution in [3.05, 3.63) is 59.3 Å². The number of ether oxygens (including phenoxy) is 1. The Morgan fingerprint density at radius 1 is 1.12 bits per heavy atom. The molecule has 0 radical (unpaired) electrons. The number of pyridine rings is 1. The van der Waals surface area contributed by atoms with Gasteiger partial charge in [-0.1, -0.05) is 6.07 Å². The van der Waals surface area contributed by atoms with Crippen LogP contribution in [0.4, 0.5) is 14.6 Å². The molecule has 0 amide bonds. The number of benzene rings is 1. The van der Waals surface area contributed by atoms with Crippen molar-refractivity contribution in [2.24, 2.45) is 0 Å². The van der Waals surface area contributed by atoms with Crippen molar-refractivity contribution in [3.8, 4) is 0 Å². The van der Waals surface area contributed by atoms with E-state index in [1.54, 1.807) is 0 Å². The van der Waals surface area contributed by atoms with E-state index < -0.39 is 11.6 Å². The van der Waals surface area contributed by atoms with Crippen molar-refractivity contribution in [3.63, 3.8) is 0 Å². The molecular formula is C19H23F2N3O. The first-order valence-corrected chi connectivity index (χ1v) is 8.51. The fourth-order valence-electron chi connectivity index (χ4n) is 3.09. The van der Waals surface area contributed by atoms with E-state index in [2.05, 4.69) is 29.0 Å². The number of nitrogens with one attached hydrogen (secondary N) is 1. The Bertz CT molecular complexity index is 698. The van der Waals surface area contributed by atoms with Crippen LogP contribution in [-0.4, -0.2) is 30.3 Å². The van der Waals surface area contributed by atoms with E-state index in [0.717, 1.165) is 36.6 Å². The van der Waals surface area contributed by atoms with Gasteiger partial charge in [-0.2, -0.15) is 0 Å². The largest absolute Gasteiger partial charge is 0.372 e. The Balaban J connectivity index is 1.55. The summed E-state index contributed by atoms with van der Waals surface area (Å²) >= 11 is 0. The lowest BCUT2D eigenvalue weighted by Gasteiger charge is -2.36. The highest BCUT2D eigenvalue weighted by atomic mass is 19.1. The van der Waals surface area contributed by atoms with Crippen LogP contribution in [0.1, 0.15) is 25.0 Å². The van der Waals surface area contributed by atoms with Gasteiger partial charge in [-0.25, -0.2) is 13.8 Å². The highest BCUT2D eigenvalue weighted by Crippen LogP contribution is 2.18. The summed E-state index contributed by atoms with van der Waals surface area (Å²) in [5, 5.41) is 3.12. The first-order chi connectivity index (χ1) is 12.0. The first-order valence-electron chi connectivity index (χ1n) is 8.51. The Kier molecular flexibility index (Phi) is 5.60. The second-order valence-electron chi connectivity index (χ2n) is 6.53. The Morgan fingerprint density at radius 2 is 1.88 bits per heavy atom. The van der Waals surface area contributed by atoms with Crippen LogP contribution in [-0.2, 0) is 17.8 Å². The van der Waals surface area contributed by atoms with Gasteiger partial charge in [0.1, 0.15) is 17.5 Å². The molecule has 2 heterocycles. The van der Waals surface area contributed by atoms with Gasteiger partial charge in [0.05, 0.1) is 12.2 Å². The normalized spacial score (nSPS) is 20.7. The summed E-state index contributed by atoms with van der Waals surface area (Å²) in [6.45, 7) is 6.59. The summed E-state index contributed by atoms with van der Waals surface area (Å²) in [5.74, 6) is 0.0954. The van der Waals surface area contributed by atoms with E-state index in [1.807, 2.05) is 18.3 Å². The minimum atomic E-state index is -0.432. The summed E-state index contributed by atoms with van der Waals surface area (Å²) in [6, 6.07) is 7.47. The summed E-state index contributed by atoms with van der Waals surface area (Å²) in [4.78, 5) is 6.75. The molecular weight excluding hydrogens is 324 g/mol. The number of aromatic nitrogens is 1. The molecule has 6 heteroatoms. The van der Waals surface area contributed by atoms with Crippen LogP contribution >= 0.6 is 0 Å². The molecule has 134 valence electrons. The number of nitrogens with zero attached hydrogens (tertiary/aromatic N) is 2. The molecule has 0 aliphatic carbocycles. The standard InChI is InChI=1S/C19H23F2N3O/c1-13-11-24(12-14(2)25-13)19-6-3-15(9-23-19)8-22-10-16-7-17(20)4-5-18(16)21/h3-7,9,13-14,22H,8,10-12H2,1-2H3/t13-,14-/m0/s1. The average molecular weight is 347 g/mol. The second kappa shape index (κ2) is 7.89. The molecule has 4 nitrogen and oxygen atoms in total. The zero-order valence-electron chi connectivity index (χ0n) is 14.5. The predicted molar refractivity (Wildman–Crippen MR) is 93.4 cm³/mol. The summed E-state index contributed by atoms with van der Waals surface area (Å²) in [5.41, 5.74) is 1.32. The topological polar surface area (TPSA) is 37.4 Å². The minimum Gasteiger partial charge on any atom is -0.372 e. The third-order valence-corrected chi connectivity index (χ3v) is 4.21. The monoisotopic (exact) mass is 347 g/mol. The van der Waals surface area contributed by atoms with Crippen LogP contribution in [0.2, 0.25) is 0 Å². The number of hydrogen-bond donors (Lipinski definition) is 1. The summed E-state index contributed by atoms with van der Waals surface area (Å²) < 4.78 is 32.5. The second-order valence-corrected chi connectivity index (χ2v) is 6.53. The molecule has 1 aromatic heterocycles. The molecule has 1 N–H and O–H groups in total. The van der Waals surface area contributed by atoms with Crippen LogP contribution in [0, 0.1) is 11.6 Å². The van der Waals surface area contributed by atoms with Gasteiger partial charge in [0, 0.05) is 37.9 Å². The quantitative estimate of drug-likeness (QED) is 0.901. The van der Waals surface area contributed by atoms with Gasteiger partial charge in [-0.05, 0) is 43.7 Å². The Morgan fingerprint density at radius 3 is 2.56 bits per heavy atom. The maximum Gasteiger partial charge on any atom is 0.128 e. The van der Waals surface area contributed by atoms with E-state index in [-0.39, 0.29) is 18.8 Å². The van der Waals surface area contributed by atoms with Crippen molar-refractivity contribution in [2.45, 2.75) is 39.1 Å². The first kappa shape index (κ1) is 17.8. The van der Waals surface area contributed by atoms with Crippen LogP contribution in [0.3, 0.4) is 0 Å². The van der Waals surface area contributed by atoms with Gasteiger partial charge >= 0.3 is 0 Å². The molecule has 1 aliphatic heterocycles. The maximum atomic E-state index is 13.6. The molecule has 0 saturated carbocycles. The molecule has 2 atom stereocenters. The van der Waals surface area contributed by atoms with Gasteiger partial charge in [0.25, 0.3) is 0 Å². The van der Waals surface area contributed by atoms with Crippen molar-refractivity contribution < 1.29 is 13.5 Å². The molecule has 25 heavy (non-hydrogen) atoms. The number of hydrogen-bond acceptors (Lipinski definition) is 4. The molecule has 3 rings (SSSR count). The number of rotatable bonds is 5. The van der Waals surface area contributed by atoms with Gasteiger partial charge < -0.3 is 15.0 Å². The fourth-order valence-corrected chi connectivity index (χ4v) is 3.09.